The molecule has 1 aromatic carbocycles. The van der Waals surface area contributed by atoms with Crippen molar-refractivity contribution in [2.24, 2.45) is 0 Å². The van der Waals surface area contributed by atoms with E-state index in [1.165, 1.54) is 6.92 Å². The first-order chi connectivity index (χ1) is 5.04. The lowest BCUT2D eigenvalue weighted by Crippen LogP contribution is -2.15. The molecule has 0 heterocycles. The van der Waals surface area contributed by atoms with Gasteiger partial charge in [0.15, 0.2) is 11.6 Å². The molecule has 1 aromatic rings. The summed E-state index contributed by atoms with van der Waals surface area (Å²) in [6, 6.07) is 0.428. The van der Waals surface area contributed by atoms with Crippen LogP contribution in [0.25, 0.3) is 0 Å². The maximum absolute atomic E-state index is 12.5. The van der Waals surface area contributed by atoms with E-state index < -0.39 is 17.5 Å². The minimum atomic E-state index is -1.21. The minimum absolute atomic E-state index is 0.192. The van der Waals surface area contributed by atoms with Gasteiger partial charge in [0.05, 0.1) is 0 Å². The first-order valence-corrected chi connectivity index (χ1v) is 2.93. The van der Waals surface area contributed by atoms with Crippen molar-refractivity contribution in [3.63, 3.8) is 0 Å². The molecular formula is C7H4BF3. The summed E-state index contributed by atoms with van der Waals surface area (Å²) in [7, 11) is 5.07. The van der Waals surface area contributed by atoms with Crippen molar-refractivity contribution in [1.82, 2.24) is 0 Å². The highest BCUT2D eigenvalue weighted by Crippen LogP contribution is 2.09. The molecule has 0 aliphatic rings. The lowest BCUT2D eigenvalue weighted by atomic mass is 9.90. The van der Waals surface area contributed by atoms with Gasteiger partial charge in [0.2, 0.25) is 0 Å². The molecule has 0 amide bonds. The molecule has 0 aliphatic carbocycles. The zero-order valence-corrected chi connectivity index (χ0v) is 5.79. The molecule has 0 bridgehead atoms. The average Bonchev–Trinajstić information content (AvgIpc) is 1.97. The van der Waals surface area contributed by atoms with Crippen LogP contribution >= 0.6 is 0 Å². The van der Waals surface area contributed by atoms with Gasteiger partial charge in [-0.05, 0) is 12.5 Å². The Balaban J connectivity index is 3.46. The molecule has 0 saturated carbocycles. The fourth-order valence-electron chi connectivity index (χ4n) is 0.729. The molecule has 0 aliphatic heterocycles. The molecule has 0 fully saturated rings. The van der Waals surface area contributed by atoms with Crippen molar-refractivity contribution < 1.29 is 13.2 Å². The normalized spacial score (nSPS) is 10.2. The van der Waals surface area contributed by atoms with Crippen molar-refractivity contribution in [2.45, 2.75) is 6.92 Å². The van der Waals surface area contributed by atoms with Gasteiger partial charge in [0.1, 0.15) is 13.7 Å². The Kier molecular flexibility index (Phi) is 1.93. The van der Waals surface area contributed by atoms with Gasteiger partial charge in [0.25, 0.3) is 0 Å². The first-order valence-electron chi connectivity index (χ1n) is 2.93. The molecule has 0 saturated heterocycles. The number of hydrogen-bond donors (Lipinski definition) is 0. The predicted molar refractivity (Wildman–Crippen MR) is 36.4 cm³/mol. The van der Waals surface area contributed by atoms with Gasteiger partial charge in [-0.3, -0.25) is 0 Å². The SMILES string of the molecule is [B]c1c(F)cc(F)c(F)c1C. The fraction of sp³-hybridized carbons (Fsp3) is 0.143. The van der Waals surface area contributed by atoms with Crippen LogP contribution in [-0.2, 0) is 0 Å². The molecular weight excluding hydrogens is 152 g/mol. The summed E-state index contributed by atoms with van der Waals surface area (Å²) in [4.78, 5) is 0. The van der Waals surface area contributed by atoms with Gasteiger partial charge in [-0.25, -0.2) is 13.2 Å². The molecule has 0 aromatic heterocycles. The third-order valence-corrected chi connectivity index (χ3v) is 1.45. The molecule has 0 unspecified atom stereocenters. The Morgan fingerprint density at radius 3 is 2.27 bits per heavy atom. The maximum atomic E-state index is 12.5. The van der Waals surface area contributed by atoms with Gasteiger partial charge >= 0.3 is 0 Å². The highest BCUT2D eigenvalue weighted by atomic mass is 19.2. The zero-order valence-electron chi connectivity index (χ0n) is 5.79. The number of halogens is 3. The molecule has 2 radical (unpaired) electrons. The van der Waals surface area contributed by atoms with Gasteiger partial charge in [0, 0.05) is 6.07 Å². The van der Waals surface area contributed by atoms with Gasteiger partial charge in [-0.15, -0.1) is 0 Å². The van der Waals surface area contributed by atoms with Crippen LogP contribution in [0, 0.1) is 24.4 Å². The van der Waals surface area contributed by atoms with Gasteiger partial charge in [-0.2, -0.15) is 0 Å². The molecule has 0 spiro atoms. The maximum Gasteiger partial charge on any atom is 0.161 e. The second kappa shape index (κ2) is 2.60. The summed E-state index contributed by atoms with van der Waals surface area (Å²) >= 11 is 0. The van der Waals surface area contributed by atoms with Crippen molar-refractivity contribution >= 4 is 13.3 Å². The van der Waals surface area contributed by atoms with E-state index in [4.69, 9.17) is 7.85 Å². The van der Waals surface area contributed by atoms with Crippen LogP contribution in [0.5, 0.6) is 0 Å². The Hall–Kier alpha value is -0.925. The zero-order chi connectivity index (χ0) is 8.59. The summed E-state index contributed by atoms with van der Waals surface area (Å²) in [5, 5.41) is 0. The Labute approximate surface area is 63.4 Å². The molecule has 0 N–H and O–H groups in total. The minimum Gasteiger partial charge on any atom is -0.208 e. The summed E-state index contributed by atoms with van der Waals surface area (Å²) < 4.78 is 37.4. The Morgan fingerprint density at radius 2 is 1.73 bits per heavy atom. The predicted octanol–water partition coefficient (Wildman–Crippen LogP) is 1.21. The molecule has 4 heteroatoms. The monoisotopic (exact) mass is 156 g/mol. The molecule has 0 atom stereocenters. The van der Waals surface area contributed by atoms with Gasteiger partial charge in [-0.1, -0.05) is 5.46 Å². The summed E-state index contributed by atoms with van der Waals surface area (Å²) in [5.41, 5.74) is -0.536. The van der Waals surface area contributed by atoms with Crippen LogP contribution in [0.3, 0.4) is 0 Å². The summed E-state index contributed by atoms with van der Waals surface area (Å²) in [6.07, 6.45) is 0. The second-order valence-corrected chi connectivity index (χ2v) is 2.19. The molecule has 56 valence electrons. The van der Waals surface area contributed by atoms with Crippen LogP contribution in [0.2, 0.25) is 0 Å². The van der Waals surface area contributed by atoms with Crippen LogP contribution in [0.4, 0.5) is 13.2 Å². The lowest BCUT2D eigenvalue weighted by Gasteiger charge is -2.03. The average molecular weight is 156 g/mol. The molecule has 0 nitrogen and oxygen atoms in total. The van der Waals surface area contributed by atoms with Gasteiger partial charge < -0.3 is 0 Å². The summed E-state index contributed by atoms with van der Waals surface area (Å²) in [5.74, 6) is -3.24. The van der Waals surface area contributed by atoms with E-state index in [1.807, 2.05) is 0 Å². The van der Waals surface area contributed by atoms with E-state index in [0.29, 0.717) is 6.07 Å². The molecule has 1 rings (SSSR count). The van der Waals surface area contributed by atoms with Crippen LogP contribution in [0.1, 0.15) is 5.56 Å². The topological polar surface area (TPSA) is 0 Å². The standard InChI is InChI=1S/C7H4BF3/c1-3-6(8)4(9)2-5(10)7(3)11/h2H,1H3. The van der Waals surface area contributed by atoms with Crippen LogP contribution in [-0.4, -0.2) is 7.85 Å². The lowest BCUT2D eigenvalue weighted by molar-refractivity contribution is 0.492. The quantitative estimate of drug-likeness (QED) is 0.391. The van der Waals surface area contributed by atoms with E-state index in [2.05, 4.69) is 0 Å². The van der Waals surface area contributed by atoms with Crippen molar-refractivity contribution in [3.05, 3.63) is 29.1 Å². The van der Waals surface area contributed by atoms with E-state index in [9.17, 15) is 13.2 Å². The highest BCUT2D eigenvalue weighted by Gasteiger charge is 2.10. The number of rotatable bonds is 0. The van der Waals surface area contributed by atoms with E-state index in [1.54, 1.807) is 0 Å². The summed E-state index contributed by atoms with van der Waals surface area (Å²) in [6.45, 7) is 1.22. The second-order valence-electron chi connectivity index (χ2n) is 2.19. The van der Waals surface area contributed by atoms with E-state index >= 15 is 0 Å². The molecule has 11 heavy (non-hydrogen) atoms. The first kappa shape index (κ1) is 8.17. The third-order valence-electron chi connectivity index (χ3n) is 1.45. The van der Waals surface area contributed by atoms with Crippen molar-refractivity contribution in [3.8, 4) is 0 Å². The van der Waals surface area contributed by atoms with E-state index in [-0.39, 0.29) is 11.0 Å². The van der Waals surface area contributed by atoms with Crippen LogP contribution in [0.15, 0.2) is 6.07 Å². The van der Waals surface area contributed by atoms with Crippen molar-refractivity contribution in [2.75, 3.05) is 0 Å². The van der Waals surface area contributed by atoms with E-state index in [0.717, 1.165) is 0 Å². The highest BCUT2D eigenvalue weighted by molar-refractivity contribution is 6.33. The largest absolute Gasteiger partial charge is 0.208 e. The fourth-order valence-corrected chi connectivity index (χ4v) is 0.729. The van der Waals surface area contributed by atoms with Crippen LogP contribution < -0.4 is 5.46 Å². The Morgan fingerprint density at radius 1 is 1.18 bits per heavy atom. The Bertz CT molecular complexity index is 270. The van der Waals surface area contributed by atoms with Crippen molar-refractivity contribution in [1.29, 1.82) is 0 Å². The number of hydrogen-bond acceptors (Lipinski definition) is 0. The number of benzene rings is 1. The third kappa shape index (κ3) is 1.25. The smallest absolute Gasteiger partial charge is 0.161 e.